The van der Waals surface area contributed by atoms with Crippen LogP contribution in [0.5, 0.6) is 0 Å². The van der Waals surface area contributed by atoms with Gasteiger partial charge in [0.15, 0.2) is 0 Å². The van der Waals surface area contributed by atoms with Crippen LogP contribution in [0.3, 0.4) is 0 Å². The Kier molecular flexibility index (Phi) is 2.50. The summed E-state index contributed by atoms with van der Waals surface area (Å²) in [4.78, 5) is 8.25. The highest BCUT2D eigenvalue weighted by Gasteiger charge is 2.09. The fourth-order valence-electron chi connectivity index (χ4n) is 1.16. The van der Waals surface area contributed by atoms with E-state index in [9.17, 15) is 0 Å². The predicted molar refractivity (Wildman–Crippen MR) is 54.0 cm³/mol. The van der Waals surface area contributed by atoms with Crippen molar-refractivity contribution in [2.45, 2.75) is 12.8 Å². The number of hydrogen-bond donors (Lipinski definition) is 0. The summed E-state index contributed by atoms with van der Waals surface area (Å²) in [6.45, 7) is 1.85. The third kappa shape index (κ3) is 1.63. The van der Waals surface area contributed by atoms with Crippen molar-refractivity contribution >= 4 is 11.6 Å². The molecule has 14 heavy (non-hydrogen) atoms. The monoisotopic (exact) mass is 208 g/mol. The predicted octanol–water partition coefficient (Wildman–Crippen LogP) is 2.78. The van der Waals surface area contributed by atoms with Crippen LogP contribution in [0.1, 0.15) is 11.5 Å². The van der Waals surface area contributed by atoms with Gasteiger partial charge in [-0.05, 0) is 19.1 Å². The highest BCUT2D eigenvalue weighted by atomic mass is 35.5. The van der Waals surface area contributed by atoms with Crippen molar-refractivity contribution in [1.29, 1.82) is 0 Å². The molecule has 0 saturated heterocycles. The third-order valence-electron chi connectivity index (χ3n) is 1.93. The topological polar surface area (TPSA) is 38.9 Å². The van der Waals surface area contributed by atoms with Crippen LogP contribution >= 0.6 is 11.6 Å². The molecule has 0 aliphatic carbocycles. The van der Waals surface area contributed by atoms with Crippen LogP contribution in [-0.4, -0.2) is 9.97 Å². The Hall–Kier alpha value is -1.35. The van der Waals surface area contributed by atoms with E-state index in [2.05, 4.69) is 9.97 Å². The summed E-state index contributed by atoms with van der Waals surface area (Å²) in [5, 5.41) is 0. The Bertz CT molecular complexity index is 425. The number of rotatable bonds is 2. The lowest BCUT2D eigenvalue weighted by Gasteiger charge is -1.91. The van der Waals surface area contributed by atoms with Crippen molar-refractivity contribution in [2.75, 3.05) is 0 Å². The molecular formula is C10H9ClN2O. The van der Waals surface area contributed by atoms with Gasteiger partial charge in [-0.15, -0.1) is 11.6 Å². The lowest BCUT2D eigenvalue weighted by atomic mass is 10.3. The summed E-state index contributed by atoms with van der Waals surface area (Å²) in [5.74, 6) is 1.71. The molecule has 72 valence electrons. The quantitative estimate of drug-likeness (QED) is 0.713. The molecule has 2 heterocycles. The van der Waals surface area contributed by atoms with Gasteiger partial charge in [-0.25, -0.2) is 4.98 Å². The van der Waals surface area contributed by atoms with E-state index in [0.29, 0.717) is 11.8 Å². The van der Waals surface area contributed by atoms with Crippen molar-refractivity contribution in [3.8, 4) is 11.5 Å². The highest BCUT2D eigenvalue weighted by molar-refractivity contribution is 6.16. The van der Waals surface area contributed by atoms with Crippen LogP contribution in [0.15, 0.2) is 28.9 Å². The maximum atomic E-state index is 5.69. The fraction of sp³-hybridized carbons (Fsp3) is 0.200. The average molecular weight is 209 g/mol. The first kappa shape index (κ1) is 9.21. The molecule has 0 aromatic carbocycles. The van der Waals surface area contributed by atoms with Crippen molar-refractivity contribution in [1.82, 2.24) is 9.97 Å². The number of aromatic nitrogens is 2. The Morgan fingerprint density at radius 3 is 2.93 bits per heavy atom. The van der Waals surface area contributed by atoms with E-state index >= 15 is 0 Å². The number of alkyl halides is 1. The fourth-order valence-corrected chi connectivity index (χ4v) is 1.41. The van der Waals surface area contributed by atoms with Gasteiger partial charge >= 0.3 is 0 Å². The molecule has 4 heteroatoms. The maximum absolute atomic E-state index is 5.69. The molecule has 2 aromatic rings. The SMILES string of the molecule is Cc1oc(-c2cccnc2)nc1CCl. The number of halogens is 1. The van der Waals surface area contributed by atoms with Gasteiger partial charge in [0.05, 0.1) is 17.1 Å². The highest BCUT2D eigenvalue weighted by Crippen LogP contribution is 2.21. The molecule has 0 saturated carbocycles. The molecule has 0 amide bonds. The van der Waals surface area contributed by atoms with E-state index in [-0.39, 0.29) is 0 Å². The first-order valence-corrected chi connectivity index (χ1v) is 4.77. The first-order chi connectivity index (χ1) is 6.81. The number of aryl methyl sites for hydroxylation is 1. The first-order valence-electron chi connectivity index (χ1n) is 4.24. The Morgan fingerprint density at radius 2 is 2.36 bits per heavy atom. The molecule has 0 aliphatic rings. The van der Waals surface area contributed by atoms with Crippen molar-refractivity contribution < 1.29 is 4.42 Å². The molecular weight excluding hydrogens is 200 g/mol. The van der Waals surface area contributed by atoms with Crippen LogP contribution in [0.2, 0.25) is 0 Å². The van der Waals surface area contributed by atoms with Crippen molar-refractivity contribution in [3.63, 3.8) is 0 Å². The van der Waals surface area contributed by atoms with Gasteiger partial charge in [0.25, 0.3) is 0 Å². The zero-order valence-electron chi connectivity index (χ0n) is 7.70. The number of oxazole rings is 1. The molecule has 0 atom stereocenters. The molecule has 2 rings (SSSR count). The van der Waals surface area contributed by atoms with Gasteiger partial charge in [-0.1, -0.05) is 0 Å². The molecule has 0 fully saturated rings. The lowest BCUT2D eigenvalue weighted by Crippen LogP contribution is -1.81. The molecule has 0 radical (unpaired) electrons. The molecule has 0 spiro atoms. The average Bonchev–Trinajstić information content (AvgIpc) is 2.61. The van der Waals surface area contributed by atoms with E-state index in [4.69, 9.17) is 16.0 Å². The second kappa shape index (κ2) is 3.80. The van der Waals surface area contributed by atoms with Gasteiger partial charge < -0.3 is 4.42 Å². The van der Waals surface area contributed by atoms with E-state index in [1.54, 1.807) is 12.4 Å². The van der Waals surface area contributed by atoms with E-state index in [1.807, 2.05) is 19.1 Å². The smallest absolute Gasteiger partial charge is 0.228 e. The Morgan fingerprint density at radius 1 is 1.50 bits per heavy atom. The molecule has 0 N–H and O–H groups in total. The number of nitrogens with zero attached hydrogens (tertiary/aromatic N) is 2. The minimum Gasteiger partial charge on any atom is -0.441 e. The summed E-state index contributed by atoms with van der Waals surface area (Å²) in [5.41, 5.74) is 1.65. The van der Waals surface area contributed by atoms with Crippen LogP contribution in [0, 0.1) is 6.92 Å². The zero-order chi connectivity index (χ0) is 9.97. The Balaban J connectivity index is 2.43. The largest absolute Gasteiger partial charge is 0.441 e. The molecule has 0 unspecified atom stereocenters. The van der Waals surface area contributed by atoms with Crippen LogP contribution in [0.25, 0.3) is 11.5 Å². The van der Waals surface area contributed by atoms with E-state index in [1.165, 1.54) is 0 Å². The van der Waals surface area contributed by atoms with Gasteiger partial charge in [-0.3, -0.25) is 4.98 Å². The van der Waals surface area contributed by atoms with Gasteiger partial charge in [0.1, 0.15) is 5.76 Å². The second-order valence-electron chi connectivity index (χ2n) is 2.90. The second-order valence-corrected chi connectivity index (χ2v) is 3.16. The Labute approximate surface area is 86.8 Å². The van der Waals surface area contributed by atoms with Crippen LogP contribution in [-0.2, 0) is 5.88 Å². The van der Waals surface area contributed by atoms with Crippen molar-refractivity contribution in [2.24, 2.45) is 0 Å². The number of hydrogen-bond acceptors (Lipinski definition) is 3. The normalized spacial score (nSPS) is 10.4. The maximum Gasteiger partial charge on any atom is 0.228 e. The van der Waals surface area contributed by atoms with Gasteiger partial charge in [0, 0.05) is 12.4 Å². The summed E-state index contributed by atoms with van der Waals surface area (Å²) in [7, 11) is 0. The third-order valence-corrected chi connectivity index (χ3v) is 2.18. The van der Waals surface area contributed by atoms with E-state index < -0.39 is 0 Å². The minimum atomic E-state index is 0.371. The lowest BCUT2D eigenvalue weighted by molar-refractivity contribution is 0.540. The summed E-state index contributed by atoms with van der Waals surface area (Å²) in [6, 6.07) is 3.74. The number of pyridine rings is 1. The van der Waals surface area contributed by atoms with Gasteiger partial charge in [0.2, 0.25) is 5.89 Å². The van der Waals surface area contributed by atoms with Gasteiger partial charge in [-0.2, -0.15) is 0 Å². The standard InChI is InChI=1S/C10H9ClN2O/c1-7-9(5-11)13-10(14-7)8-3-2-4-12-6-8/h2-4,6H,5H2,1H3. The summed E-state index contributed by atoms with van der Waals surface area (Å²) < 4.78 is 5.46. The van der Waals surface area contributed by atoms with Crippen LogP contribution in [0.4, 0.5) is 0 Å². The van der Waals surface area contributed by atoms with E-state index in [0.717, 1.165) is 17.0 Å². The summed E-state index contributed by atoms with van der Waals surface area (Å²) in [6.07, 6.45) is 3.42. The summed E-state index contributed by atoms with van der Waals surface area (Å²) >= 11 is 5.69. The molecule has 0 aliphatic heterocycles. The molecule has 0 bridgehead atoms. The zero-order valence-corrected chi connectivity index (χ0v) is 8.45. The van der Waals surface area contributed by atoms with Crippen LogP contribution < -0.4 is 0 Å². The molecule has 2 aromatic heterocycles. The minimum absolute atomic E-state index is 0.371. The van der Waals surface area contributed by atoms with Crippen molar-refractivity contribution in [3.05, 3.63) is 36.0 Å². The molecule has 3 nitrogen and oxygen atoms in total.